The van der Waals surface area contributed by atoms with Crippen LogP contribution < -0.4 is 4.74 Å². The lowest BCUT2D eigenvalue weighted by molar-refractivity contribution is -0.133. The van der Waals surface area contributed by atoms with E-state index in [0.717, 1.165) is 10.8 Å². The van der Waals surface area contributed by atoms with Crippen molar-refractivity contribution in [3.05, 3.63) is 36.4 Å². The van der Waals surface area contributed by atoms with Gasteiger partial charge in [-0.05, 0) is 12.1 Å². The van der Waals surface area contributed by atoms with Crippen molar-refractivity contribution in [2.45, 2.75) is 0 Å². The smallest absolute Gasteiger partial charge is 0.313 e. The van der Waals surface area contributed by atoms with Crippen molar-refractivity contribution >= 4 is 28.5 Å². The largest absolute Gasteiger partial charge is 0.507 e. The molecule has 0 aromatic heterocycles. The van der Waals surface area contributed by atoms with Crippen molar-refractivity contribution < 1.29 is 19.7 Å². The Kier molecular flexibility index (Phi) is 4.52. The summed E-state index contributed by atoms with van der Waals surface area (Å²) in [5.74, 6) is 0.800. The lowest BCUT2D eigenvalue weighted by Gasteiger charge is -2.09. The van der Waals surface area contributed by atoms with Crippen molar-refractivity contribution in [2.24, 2.45) is 0 Å². The molecule has 0 fully saturated rings. The van der Waals surface area contributed by atoms with Crippen molar-refractivity contribution in [3.63, 3.8) is 0 Å². The second-order valence-corrected chi connectivity index (χ2v) is 5.03. The second kappa shape index (κ2) is 6.33. The van der Waals surface area contributed by atoms with Crippen LogP contribution in [0.5, 0.6) is 11.5 Å². The minimum Gasteiger partial charge on any atom is -0.507 e. The number of phenolic OH excluding ortho intramolecular Hbond substituents is 1. The zero-order valence-corrected chi connectivity index (χ0v) is 11.0. The maximum atomic E-state index is 10.4. The molecule has 0 heterocycles. The quantitative estimate of drug-likeness (QED) is 0.795. The third kappa shape index (κ3) is 3.54. The Bertz CT molecular complexity index is 583. The van der Waals surface area contributed by atoms with Crippen molar-refractivity contribution in [1.82, 2.24) is 0 Å². The molecule has 2 rings (SSSR count). The molecule has 2 aromatic rings. The summed E-state index contributed by atoms with van der Waals surface area (Å²) in [7, 11) is 0. The Labute approximate surface area is 115 Å². The van der Waals surface area contributed by atoms with Crippen molar-refractivity contribution in [3.8, 4) is 11.5 Å². The van der Waals surface area contributed by atoms with E-state index in [9.17, 15) is 9.90 Å². The highest BCUT2D eigenvalue weighted by molar-refractivity contribution is 7.99. The fourth-order valence-electron chi connectivity index (χ4n) is 1.75. The van der Waals surface area contributed by atoms with Crippen LogP contribution in [-0.2, 0) is 4.79 Å². The first-order chi connectivity index (χ1) is 9.18. The van der Waals surface area contributed by atoms with Gasteiger partial charge in [0.2, 0.25) is 0 Å². The van der Waals surface area contributed by atoms with Gasteiger partial charge in [0.1, 0.15) is 11.5 Å². The minimum absolute atomic E-state index is 0.0830. The molecular formula is C14H14O4S. The average Bonchev–Trinajstić information content (AvgIpc) is 2.41. The number of rotatable bonds is 6. The topological polar surface area (TPSA) is 66.8 Å². The number of carbonyl (C=O) groups is 1. The van der Waals surface area contributed by atoms with Gasteiger partial charge in [0.25, 0.3) is 0 Å². The first-order valence-electron chi connectivity index (χ1n) is 5.81. The Balaban J connectivity index is 2.01. The van der Waals surface area contributed by atoms with Crippen molar-refractivity contribution in [1.29, 1.82) is 0 Å². The van der Waals surface area contributed by atoms with Gasteiger partial charge in [-0.25, -0.2) is 0 Å². The lowest BCUT2D eigenvalue weighted by atomic mass is 10.1. The molecular weight excluding hydrogens is 264 g/mol. The zero-order valence-electron chi connectivity index (χ0n) is 10.2. The molecule has 0 atom stereocenters. The predicted molar refractivity (Wildman–Crippen MR) is 76.1 cm³/mol. The summed E-state index contributed by atoms with van der Waals surface area (Å²) in [5.41, 5.74) is 0. The molecule has 4 nitrogen and oxygen atoms in total. The van der Waals surface area contributed by atoms with E-state index in [0.29, 0.717) is 18.1 Å². The maximum absolute atomic E-state index is 10.4. The van der Waals surface area contributed by atoms with Gasteiger partial charge in [0.05, 0.1) is 12.4 Å². The van der Waals surface area contributed by atoms with E-state index in [1.54, 1.807) is 12.1 Å². The average molecular weight is 278 g/mol. The summed E-state index contributed by atoms with van der Waals surface area (Å²) in [5, 5.41) is 19.9. The van der Waals surface area contributed by atoms with Gasteiger partial charge in [0, 0.05) is 16.5 Å². The first kappa shape index (κ1) is 13.5. The molecule has 0 unspecified atom stereocenters. The zero-order chi connectivity index (χ0) is 13.7. The molecule has 0 aliphatic rings. The summed E-state index contributed by atoms with van der Waals surface area (Å²) in [6.45, 7) is 0.437. The van der Waals surface area contributed by atoms with E-state index in [1.807, 2.05) is 24.3 Å². The van der Waals surface area contributed by atoms with Crippen LogP contribution in [0.4, 0.5) is 0 Å². The highest BCUT2D eigenvalue weighted by atomic mass is 32.2. The third-order valence-corrected chi connectivity index (χ3v) is 3.48. The molecule has 2 aromatic carbocycles. The van der Waals surface area contributed by atoms with E-state index >= 15 is 0 Å². The molecule has 0 radical (unpaired) electrons. The molecule has 2 N–H and O–H groups in total. The van der Waals surface area contributed by atoms with E-state index < -0.39 is 5.97 Å². The summed E-state index contributed by atoms with van der Waals surface area (Å²) in [4.78, 5) is 10.4. The van der Waals surface area contributed by atoms with Crippen LogP contribution in [0.1, 0.15) is 0 Å². The number of aliphatic carboxylic acids is 1. The number of hydrogen-bond donors (Lipinski definition) is 2. The van der Waals surface area contributed by atoms with Crippen LogP contribution in [0.3, 0.4) is 0 Å². The van der Waals surface area contributed by atoms with Gasteiger partial charge in [-0.1, -0.05) is 24.3 Å². The Morgan fingerprint density at radius 1 is 1.16 bits per heavy atom. The summed E-state index contributed by atoms with van der Waals surface area (Å²) in [6.07, 6.45) is 0. The molecule has 0 spiro atoms. The van der Waals surface area contributed by atoms with Crippen LogP contribution >= 0.6 is 11.8 Å². The molecule has 0 aliphatic heterocycles. The highest BCUT2D eigenvalue weighted by Gasteiger charge is 2.05. The number of carboxylic acids is 1. The number of thioether (sulfide) groups is 1. The summed E-state index contributed by atoms with van der Waals surface area (Å²) >= 11 is 1.32. The van der Waals surface area contributed by atoms with E-state index in [4.69, 9.17) is 9.84 Å². The number of fused-ring (bicyclic) bond motifs is 1. The Morgan fingerprint density at radius 3 is 2.63 bits per heavy atom. The molecule has 0 aliphatic carbocycles. The van der Waals surface area contributed by atoms with E-state index in [1.165, 1.54) is 11.8 Å². The van der Waals surface area contributed by atoms with E-state index in [-0.39, 0.29) is 11.5 Å². The van der Waals surface area contributed by atoms with Gasteiger partial charge in [0.15, 0.2) is 0 Å². The molecule has 19 heavy (non-hydrogen) atoms. The standard InChI is InChI=1S/C14H14O4S/c15-12-5-6-13(11-4-2-1-3-10(11)12)18-7-8-19-9-14(16)17/h1-6,15H,7-9H2,(H,16,17). The van der Waals surface area contributed by atoms with Crippen LogP contribution in [0.25, 0.3) is 10.8 Å². The maximum Gasteiger partial charge on any atom is 0.313 e. The SMILES string of the molecule is O=C(O)CSCCOc1ccc(O)c2ccccc12. The van der Waals surface area contributed by atoms with Crippen LogP contribution in [0.15, 0.2) is 36.4 Å². The van der Waals surface area contributed by atoms with Gasteiger partial charge in [-0.3, -0.25) is 4.79 Å². The predicted octanol–water partition coefficient (Wildman–Crippen LogP) is 2.74. The first-order valence-corrected chi connectivity index (χ1v) is 6.97. The number of phenols is 1. The highest BCUT2D eigenvalue weighted by Crippen LogP contribution is 2.32. The molecule has 5 heteroatoms. The Hall–Kier alpha value is -1.88. The number of benzene rings is 2. The van der Waals surface area contributed by atoms with Gasteiger partial charge < -0.3 is 14.9 Å². The van der Waals surface area contributed by atoms with Crippen molar-refractivity contribution in [2.75, 3.05) is 18.1 Å². The summed E-state index contributed by atoms with van der Waals surface area (Å²) < 4.78 is 5.63. The number of ether oxygens (including phenoxy) is 1. The molecule has 0 saturated carbocycles. The van der Waals surface area contributed by atoms with E-state index in [2.05, 4.69) is 0 Å². The second-order valence-electron chi connectivity index (χ2n) is 3.92. The van der Waals surface area contributed by atoms with Gasteiger partial charge in [-0.15, -0.1) is 11.8 Å². The fourth-order valence-corrected chi connectivity index (χ4v) is 2.27. The van der Waals surface area contributed by atoms with Crippen LogP contribution in [-0.4, -0.2) is 34.3 Å². The molecule has 100 valence electrons. The normalized spacial score (nSPS) is 10.5. The Morgan fingerprint density at radius 2 is 1.89 bits per heavy atom. The van der Waals surface area contributed by atoms with Crippen LogP contribution in [0, 0.1) is 0 Å². The van der Waals surface area contributed by atoms with Gasteiger partial charge >= 0.3 is 5.97 Å². The third-order valence-electron chi connectivity index (χ3n) is 2.57. The summed E-state index contributed by atoms with van der Waals surface area (Å²) in [6, 6.07) is 10.8. The molecule has 0 bridgehead atoms. The molecule has 0 amide bonds. The van der Waals surface area contributed by atoms with Crippen LogP contribution in [0.2, 0.25) is 0 Å². The molecule has 0 saturated heterocycles. The monoisotopic (exact) mass is 278 g/mol. The number of hydrogen-bond acceptors (Lipinski definition) is 4. The minimum atomic E-state index is -0.819. The number of carboxylic acid groups (broad SMARTS) is 1. The lowest BCUT2D eigenvalue weighted by Crippen LogP contribution is -2.04. The number of aromatic hydroxyl groups is 1. The fraction of sp³-hybridized carbons (Fsp3) is 0.214. The van der Waals surface area contributed by atoms with Gasteiger partial charge in [-0.2, -0.15) is 0 Å².